The number of rotatable bonds is 4. The number of carbonyl (C=O) groups is 1. The van der Waals surface area contributed by atoms with Gasteiger partial charge >= 0.3 is 5.97 Å². The minimum Gasteiger partial charge on any atom is -0.508 e. The Bertz CT molecular complexity index is 607. The molecule has 0 saturated heterocycles. The van der Waals surface area contributed by atoms with Crippen LogP contribution in [-0.2, 0) is 6.61 Å². The predicted molar refractivity (Wildman–Crippen MR) is 67.5 cm³/mol. The second kappa shape index (κ2) is 5.30. The van der Waals surface area contributed by atoms with Crippen LogP contribution >= 0.6 is 0 Å². The van der Waals surface area contributed by atoms with Crippen LogP contribution in [0, 0.1) is 0 Å². The van der Waals surface area contributed by atoms with Crippen LogP contribution in [0.1, 0.15) is 15.9 Å². The topological polar surface area (TPSA) is 87.0 Å². The predicted octanol–water partition coefficient (Wildman–Crippen LogP) is 2.38. The fraction of sp³-hybridized carbons (Fsp3) is 0.0714. The quantitative estimate of drug-likeness (QED) is 0.785. The van der Waals surface area contributed by atoms with Crippen molar-refractivity contribution in [1.82, 2.24) is 0 Å². The molecule has 2 aromatic carbocycles. The van der Waals surface area contributed by atoms with Gasteiger partial charge in [-0.1, -0.05) is 12.1 Å². The van der Waals surface area contributed by atoms with Crippen molar-refractivity contribution in [2.24, 2.45) is 0 Å². The molecule has 0 heterocycles. The molecule has 0 saturated carbocycles. The highest BCUT2D eigenvalue weighted by Gasteiger charge is 2.10. The zero-order valence-electron chi connectivity index (χ0n) is 9.91. The van der Waals surface area contributed by atoms with Gasteiger partial charge in [-0.2, -0.15) is 0 Å². The summed E-state index contributed by atoms with van der Waals surface area (Å²) in [5, 5.41) is 27.5. The summed E-state index contributed by atoms with van der Waals surface area (Å²) < 4.78 is 5.41. The second-order valence-corrected chi connectivity index (χ2v) is 3.94. The molecule has 0 atom stereocenters. The third kappa shape index (κ3) is 3.16. The number of carboxylic acids is 1. The number of hydrogen-bond donors (Lipinski definition) is 3. The van der Waals surface area contributed by atoms with Gasteiger partial charge < -0.3 is 20.1 Å². The van der Waals surface area contributed by atoms with E-state index in [9.17, 15) is 15.0 Å². The highest BCUT2D eigenvalue weighted by atomic mass is 16.5. The van der Waals surface area contributed by atoms with Gasteiger partial charge in [0, 0.05) is 6.07 Å². The van der Waals surface area contributed by atoms with E-state index in [1.165, 1.54) is 24.3 Å². The maximum atomic E-state index is 10.9. The molecule has 5 nitrogen and oxygen atoms in total. The number of aromatic carboxylic acids is 1. The summed E-state index contributed by atoms with van der Waals surface area (Å²) in [6.07, 6.45) is 0. The molecule has 0 aliphatic heterocycles. The summed E-state index contributed by atoms with van der Waals surface area (Å²) in [5.41, 5.74) is 0.440. The summed E-state index contributed by atoms with van der Waals surface area (Å²) in [7, 11) is 0. The molecular formula is C14H12O5. The Hall–Kier alpha value is -2.69. The minimum absolute atomic E-state index is 0.0921. The monoisotopic (exact) mass is 260 g/mol. The van der Waals surface area contributed by atoms with Crippen LogP contribution < -0.4 is 4.74 Å². The Morgan fingerprint density at radius 1 is 1.11 bits per heavy atom. The second-order valence-electron chi connectivity index (χ2n) is 3.94. The van der Waals surface area contributed by atoms with E-state index in [1.54, 1.807) is 18.2 Å². The molecule has 19 heavy (non-hydrogen) atoms. The smallest absolute Gasteiger partial charge is 0.339 e. The lowest BCUT2D eigenvalue weighted by molar-refractivity contribution is 0.0693. The van der Waals surface area contributed by atoms with Crippen LogP contribution in [0.4, 0.5) is 0 Å². The zero-order valence-corrected chi connectivity index (χ0v) is 9.91. The van der Waals surface area contributed by atoms with Gasteiger partial charge in [-0.25, -0.2) is 4.79 Å². The van der Waals surface area contributed by atoms with Gasteiger partial charge in [0.2, 0.25) is 0 Å². The van der Waals surface area contributed by atoms with Gasteiger partial charge in [-0.3, -0.25) is 0 Å². The summed E-state index contributed by atoms with van der Waals surface area (Å²) in [6, 6.07) is 10.5. The average Bonchev–Trinajstić information content (AvgIpc) is 2.37. The Kier molecular flexibility index (Phi) is 3.56. The van der Waals surface area contributed by atoms with E-state index in [2.05, 4.69) is 0 Å². The number of benzene rings is 2. The number of carboxylic acid groups (broad SMARTS) is 1. The van der Waals surface area contributed by atoms with Crippen molar-refractivity contribution in [1.29, 1.82) is 0 Å². The standard InChI is InChI=1S/C14H12O5/c15-10-2-1-3-11(7-10)19-8-9-4-5-13(16)12(6-9)14(17)18/h1-7,15-16H,8H2,(H,17,18). The number of phenols is 2. The maximum Gasteiger partial charge on any atom is 0.339 e. The largest absolute Gasteiger partial charge is 0.508 e. The van der Waals surface area contributed by atoms with Gasteiger partial charge in [0.15, 0.2) is 0 Å². The maximum absolute atomic E-state index is 10.9. The number of hydrogen-bond acceptors (Lipinski definition) is 4. The van der Waals surface area contributed by atoms with Crippen molar-refractivity contribution in [2.75, 3.05) is 0 Å². The van der Waals surface area contributed by atoms with Crippen LogP contribution in [0.25, 0.3) is 0 Å². The summed E-state index contributed by atoms with van der Waals surface area (Å²) in [4.78, 5) is 10.9. The number of ether oxygens (including phenoxy) is 1. The van der Waals surface area contributed by atoms with Crippen molar-refractivity contribution in [3.8, 4) is 17.2 Å². The fourth-order valence-electron chi connectivity index (χ4n) is 1.58. The molecular weight excluding hydrogens is 248 g/mol. The minimum atomic E-state index is -1.20. The number of aromatic hydroxyl groups is 2. The van der Waals surface area contributed by atoms with Gasteiger partial charge in [-0.15, -0.1) is 0 Å². The van der Waals surface area contributed by atoms with Gasteiger partial charge in [0.1, 0.15) is 29.4 Å². The van der Waals surface area contributed by atoms with Crippen LogP contribution in [0.15, 0.2) is 42.5 Å². The molecule has 0 radical (unpaired) electrons. The van der Waals surface area contributed by atoms with Crippen molar-refractivity contribution in [3.63, 3.8) is 0 Å². The SMILES string of the molecule is O=C(O)c1cc(COc2cccc(O)c2)ccc1O. The van der Waals surface area contributed by atoms with Crippen molar-refractivity contribution >= 4 is 5.97 Å². The molecule has 98 valence electrons. The normalized spacial score (nSPS) is 10.1. The number of phenolic OH excluding ortho intramolecular Hbond substituents is 1. The van der Waals surface area contributed by atoms with Crippen molar-refractivity contribution in [2.45, 2.75) is 6.61 Å². The van der Waals surface area contributed by atoms with Crippen LogP contribution in [0.5, 0.6) is 17.2 Å². The molecule has 5 heteroatoms. The van der Waals surface area contributed by atoms with Crippen LogP contribution in [0.3, 0.4) is 0 Å². The fourth-order valence-corrected chi connectivity index (χ4v) is 1.58. The first-order valence-corrected chi connectivity index (χ1v) is 5.53. The first kappa shape index (κ1) is 12.8. The molecule has 2 rings (SSSR count). The lowest BCUT2D eigenvalue weighted by Crippen LogP contribution is -2.01. The summed E-state index contributed by atoms with van der Waals surface area (Å²) >= 11 is 0. The molecule has 0 amide bonds. The highest BCUT2D eigenvalue weighted by Crippen LogP contribution is 2.21. The molecule has 0 aliphatic rings. The zero-order chi connectivity index (χ0) is 13.8. The molecule has 0 aliphatic carbocycles. The van der Waals surface area contributed by atoms with Crippen LogP contribution in [-0.4, -0.2) is 21.3 Å². The average molecular weight is 260 g/mol. The van der Waals surface area contributed by atoms with Crippen molar-refractivity contribution in [3.05, 3.63) is 53.6 Å². The molecule has 0 aromatic heterocycles. The Morgan fingerprint density at radius 2 is 1.89 bits per heavy atom. The third-order valence-corrected chi connectivity index (χ3v) is 2.51. The van der Waals surface area contributed by atoms with Gasteiger partial charge in [0.25, 0.3) is 0 Å². The highest BCUT2D eigenvalue weighted by molar-refractivity contribution is 5.90. The van der Waals surface area contributed by atoms with E-state index in [4.69, 9.17) is 9.84 Å². The van der Waals surface area contributed by atoms with E-state index in [0.717, 1.165) is 0 Å². The van der Waals surface area contributed by atoms with Crippen LogP contribution in [0.2, 0.25) is 0 Å². The van der Waals surface area contributed by atoms with E-state index < -0.39 is 5.97 Å². The Morgan fingerprint density at radius 3 is 2.58 bits per heavy atom. The summed E-state index contributed by atoms with van der Waals surface area (Å²) in [5.74, 6) is -0.912. The first-order valence-electron chi connectivity index (χ1n) is 5.53. The Labute approximate surface area is 109 Å². The molecule has 0 unspecified atom stereocenters. The van der Waals surface area contributed by atoms with Gasteiger partial charge in [-0.05, 0) is 29.8 Å². The Balaban J connectivity index is 2.12. The first-order chi connectivity index (χ1) is 9.06. The molecule has 0 spiro atoms. The lowest BCUT2D eigenvalue weighted by Gasteiger charge is -2.08. The van der Waals surface area contributed by atoms with Crippen molar-refractivity contribution < 1.29 is 24.9 Å². The summed E-state index contributed by atoms with van der Waals surface area (Å²) in [6.45, 7) is 0.143. The molecule has 2 aromatic rings. The van der Waals surface area contributed by atoms with E-state index >= 15 is 0 Å². The molecule has 0 bridgehead atoms. The lowest BCUT2D eigenvalue weighted by atomic mass is 10.1. The van der Waals surface area contributed by atoms with Gasteiger partial charge in [0.05, 0.1) is 0 Å². The molecule has 3 N–H and O–H groups in total. The van der Waals surface area contributed by atoms with E-state index in [-0.39, 0.29) is 23.7 Å². The third-order valence-electron chi connectivity index (χ3n) is 2.51. The van der Waals surface area contributed by atoms with E-state index in [0.29, 0.717) is 11.3 Å². The van der Waals surface area contributed by atoms with E-state index in [1.807, 2.05) is 0 Å². The molecule has 0 fully saturated rings.